The summed E-state index contributed by atoms with van der Waals surface area (Å²) >= 11 is 0. The normalized spacial score (nSPS) is 21.6. The van der Waals surface area contributed by atoms with Gasteiger partial charge in [0.2, 0.25) is 9.84 Å². The number of fused-ring (bicyclic) bond motifs is 10. The van der Waals surface area contributed by atoms with Gasteiger partial charge in [-0.05, 0) is 84.7 Å². The molecule has 2 saturated carbocycles. The van der Waals surface area contributed by atoms with Crippen molar-refractivity contribution >= 4 is 31.4 Å². The maximum atomic E-state index is 14.9. The Morgan fingerprint density at radius 3 is 1.92 bits per heavy atom. The predicted octanol–water partition coefficient (Wildman–Crippen LogP) is 9.80. The van der Waals surface area contributed by atoms with Crippen LogP contribution in [0.1, 0.15) is 44.1 Å². The molecule has 6 nitrogen and oxygen atoms in total. The summed E-state index contributed by atoms with van der Waals surface area (Å²) in [6.07, 6.45) is 7.48. The van der Waals surface area contributed by atoms with Crippen LogP contribution >= 0.6 is 0 Å². The van der Waals surface area contributed by atoms with Gasteiger partial charge >= 0.3 is 0 Å². The molecular formula is C45H38N4O2S. The van der Waals surface area contributed by atoms with Gasteiger partial charge in [-0.15, -0.1) is 0 Å². The van der Waals surface area contributed by atoms with Crippen LogP contribution in [-0.2, 0) is 15.3 Å². The molecule has 256 valence electrons. The lowest BCUT2D eigenvalue weighted by Crippen LogP contribution is -2.34. The number of hydrogen-bond donors (Lipinski definition) is 1. The third-order valence-corrected chi connectivity index (χ3v) is 14.0. The molecule has 0 radical (unpaired) electrons. The van der Waals surface area contributed by atoms with E-state index in [4.69, 9.17) is 15.0 Å². The number of aromatic nitrogens is 3. The topological polar surface area (TPSA) is 84.8 Å². The standard InChI is InChI=1S/C45H38N4O2S/c1-46-32-23-18-28-24-25-45(26-28,27-32)31-21-19-30(20-22-31)43-47-42(29-10-3-2-4-11-29)48-44(49-43)38-17-9-16-37-39-35-14-7-5-12-33(35)34-13-6-8-15-36(34)41(39)52(50,51)40(37)38/h2-17,19-22,28,32,46H,18,23-27H2,1H3/t28-,32+,45?/m1/s1. The fourth-order valence-electron chi connectivity index (χ4n) is 9.58. The van der Waals surface area contributed by atoms with Crippen molar-refractivity contribution in [3.05, 3.63) is 127 Å². The summed E-state index contributed by atoms with van der Waals surface area (Å²) in [4.78, 5) is 15.6. The Morgan fingerprint density at radius 2 is 1.19 bits per heavy atom. The number of benzene rings is 6. The van der Waals surface area contributed by atoms with E-state index in [-0.39, 0.29) is 10.3 Å². The molecule has 7 aromatic rings. The maximum Gasteiger partial charge on any atom is 0.209 e. The first-order valence-corrected chi connectivity index (χ1v) is 19.8. The molecule has 1 aromatic heterocycles. The first-order valence-electron chi connectivity index (χ1n) is 18.4. The van der Waals surface area contributed by atoms with Crippen LogP contribution in [0.25, 0.3) is 66.8 Å². The Hall–Kier alpha value is -5.24. The molecule has 2 bridgehead atoms. The molecule has 1 aliphatic heterocycles. The zero-order chi connectivity index (χ0) is 35.0. The summed E-state index contributed by atoms with van der Waals surface area (Å²) in [5.74, 6) is 2.16. The van der Waals surface area contributed by atoms with Gasteiger partial charge in [0, 0.05) is 39.2 Å². The van der Waals surface area contributed by atoms with Crippen LogP contribution in [0.5, 0.6) is 0 Å². The van der Waals surface area contributed by atoms with Crippen molar-refractivity contribution in [3.63, 3.8) is 0 Å². The highest BCUT2D eigenvalue weighted by molar-refractivity contribution is 7.92. The van der Waals surface area contributed by atoms with Crippen LogP contribution in [0.4, 0.5) is 0 Å². The molecular weight excluding hydrogens is 661 g/mol. The fourth-order valence-corrected chi connectivity index (χ4v) is 11.6. The quantitative estimate of drug-likeness (QED) is 0.180. The third-order valence-electron chi connectivity index (χ3n) is 12.1. The number of nitrogens with one attached hydrogen (secondary N) is 1. The Morgan fingerprint density at radius 1 is 0.577 bits per heavy atom. The van der Waals surface area contributed by atoms with Crippen LogP contribution in [0.2, 0.25) is 0 Å². The first-order chi connectivity index (χ1) is 25.4. The van der Waals surface area contributed by atoms with E-state index in [1.165, 1.54) is 37.7 Å². The van der Waals surface area contributed by atoms with Crippen molar-refractivity contribution in [2.75, 3.05) is 7.05 Å². The van der Waals surface area contributed by atoms with Gasteiger partial charge in [-0.2, -0.15) is 0 Å². The molecule has 2 heterocycles. The van der Waals surface area contributed by atoms with Crippen LogP contribution in [0.15, 0.2) is 131 Å². The van der Waals surface area contributed by atoms with Crippen LogP contribution in [0, 0.1) is 5.92 Å². The molecule has 0 saturated heterocycles. The van der Waals surface area contributed by atoms with E-state index in [9.17, 15) is 8.42 Å². The number of rotatable bonds is 5. The second-order valence-corrected chi connectivity index (χ2v) is 16.7. The molecule has 1 N–H and O–H groups in total. The van der Waals surface area contributed by atoms with E-state index in [0.29, 0.717) is 39.5 Å². The molecule has 2 fully saturated rings. The summed E-state index contributed by atoms with van der Waals surface area (Å²) in [5, 5.41) is 7.17. The Balaban J connectivity index is 1.15. The molecule has 6 aromatic carbocycles. The fraction of sp³-hybridized carbons (Fsp3) is 0.222. The number of nitrogens with zero attached hydrogens (tertiary/aromatic N) is 3. The van der Waals surface area contributed by atoms with Gasteiger partial charge in [0.15, 0.2) is 17.5 Å². The van der Waals surface area contributed by atoms with Crippen molar-refractivity contribution in [3.8, 4) is 45.3 Å². The molecule has 3 aliphatic rings. The van der Waals surface area contributed by atoms with Gasteiger partial charge in [0.1, 0.15) is 0 Å². The van der Waals surface area contributed by atoms with E-state index in [2.05, 4.69) is 42.7 Å². The van der Waals surface area contributed by atoms with Crippen molar-refractivity contribution in [2.24, 2.45) is 5.92 Å². The van der Waals surface area contributed by atoms with Crippen molar-refractivity contribution in [1.82, 2.24) is 20.3 Å². The van der Waals surface area contributed by atoms with Gasteiger partial charge in [-0.1, -0.05) is 115 Å². The molecule has 10 rings (SSSR count). The van der Waals surface area contributed by atoms with Gasteiger partial charge in [-0.3, -0.25) is 0 Å². The first kappa shape index (κ1) is 31.5. The average molecular weight is 699 g/mol. The Bertz CT molecular complexity index is 2660. The van der Waals surface area contributed by atoms with Crippen LogP contribution in [0.3, 0.4) is 0 Å². The summed E-state index contributed by atoms with van der Waals surface area (Å²) < 4.78 is 29.8. The molecule has 7 heteroatoms. The van der Waals surface area contributed by atoms with E-state index in [1.807, 2.05) is 91.0 Å². The SMILES string of the molecule is CN[C@H]1CC[C@@H]2CCC(c3ccc(-c4nc(-c5ccccc5)nc(-c5cccc6c5S(=O)(=O)c5c-6c6ccccc6c6ccccc56)n4)cc3)(C2)C1. The van der Waals surface area contributed by atoms with Crippen LogP contribution < -0.4 is 5.32 Å². The zero-order valence-electron chi connectivity index (χ0n) is 29.0. The van der Waals surface area contributed by atoms with Crippen molar-refractivity contribution < 1.29 is 8.42 Å². The van der Waals surface area contributed by atoms with E-state index >= 15 is 0 Å². The largest absolute Gasteiger partial charge is 0.317 e. The number of hydrogen-bond acceptors (Lipinski definition) is 6. The smallest absolute Gasteiger partial charge is 0.209 e. The monoisotopic (exact) mass is 698 g/mol. The van der Waals surface area contributed by atoms with E-state index in [0.717, 1.165) is 50.6 Å². The highest BCUT2D eigenvalue weighted by atomic mass is 32.2. The molecule has 1 unspecified atom stereocenters. The molecule has 2 aliphatic carbocycles. The molecule has 0 spiro atoms. The van der Waals surface area contributed by atoms with Crippen molar-refractivity contribution in [1.29, 1.82) is 0 Å². The third kappa shape index (κ3) is 4.79. The number of sulfone groups is 1. The Kier molecular flexibility index (Phi) is 7.21. The lowest BCUT2D eigenvalue weighted by molar-refractivity contribution is 0.345. The summed E-state index contributed by atoms with van der Waals surface area (Å²) in [5.41, 5.74) is 5.20. The summed E-state index contributed by atoms with van der Waals surface area (Å²) in [6, 6.07) is 40.8. The minimum atomic E-state index is -3.96. The summed E-state index contributed by atoms with van der Waals surface area (Å²) in [7, 11) is -1.86. The second kappa shape index (κ2) is 11.9. The highest BCUT2D eigenvalue weighted by Gasteiger charge is 2.44. The van der Waals surface area contributed by atoms with Crippen molar-refractivity contribution in [2.45, 2.75) is 59.8 Å². The predicted molar refractivity (Wildman–Crippen MR) is 208 cm³/mol. The average Bonchev–Trinajstić information content (AvgIpc) is 3.65. The minimum absolute atomic E-state index is 0.190. The lowest BCUT2D eigenvalue weighted by atomic mass is 9.74. The highest BCUT2D eigenvalue weighted by Crippen LogP contribution is 2.54. The van der Waals surface area contributed by atoms with Gasteiger partial charge in [-0.25, -0.2) is 23.4 Å². The molecule has 3 atom stereocenters. The molecule has 52 heavy (non-hydrogen) atoms. The molecule has 0 amide bonds. The van der Waals surface area contributed by atoms with Gasteiger partial charge < -0.3 is 5.32 Å². The Labute approximate surface area is 303 Å². The second-order valence-electron chi connectivity index (χ2n) is 14.9. The lowest BCUT2D eigenvalue weighted by Gasteiger charge is -2.33. The van der Waals surface area contributed by atoms with Gasteiger partial charge in [0.05, 0.1) is 9.79 Å². The zero-order valence-corrected chi connectivity index (χ0v) is 29.8. The van der Waals surface area contributed by atoms with E-state index < -0.39 is 9.84 Å². The summed E-state index contributed by atoms with van der Waals surface area (Å²) in [6.45, 7) is 0. The maximum absolute atomic E-state index is 14.9. The van der Waals surface area contributed by atoms with Gasteiger partial charge in [0.25, 0.3) is 0 Å². The van der Waals surface area contributed by atoms with Crippen LogP contribution in [-0.4, -0.2) is 36.5 Å². The minimum Gasteiger partial charge on any atom is -0.317 e. The van der Waals surface area contributed by atoms with E-state index in [1.54, 1.807) is 0 Å².